The lowest BCUT2D eigenvalue weighted by Gasteiger charge is -2.14. The normalized spacial score (nSPS) is 10.9. The molecule has 0 aliphatic heterocycles. The molecule has 1 nitrogen and oxygen atoms in total. The van der Waals surface area contributed by atoms with Gasteiger partial charge in [0.15, 0.2) is 8.07 Å². The summed E-state index contributed by atoms with van der Waals surface area (Å²) in [7, 11) is -1.90. The highest BCUT2D eigenvalue weighted by Crippen LogP contribution is 2.12. The van der Waals surface area contributed by atoms with Crippen molar-refractivity contribution >= 4 is 13.5 Å². The van der Waals surface area contributed by atoms with Gasteiger partial charge < -0.3 is 0 Å². The van der Waals surface area contributed by atoms with Gasteiger partial charge in [-0.25, -0.2) is 0 Å². The van der Waals surface area contributed by atoms with Crippen LogP contribution in [0.4, 0.5) is 0 Å². The maximum Gasteiger partial charge on any atom is 0.155 e. The average Bonchev–Trinajstić information content (AvgIpc) is 2.18. The molecule has 0 amide bonds. The summed E-state index contributed by atoms with van der Waals surface area (Å²) in [6.45, 7) is 7.74. The van der Waals surface area contributed by atoms with Gasteiger partial charge in [0, 0.05) is 5.56 Å². The van der Waals surface area contributed by atoms with E-state index in [-0.39, 0.29) is 5.41 Å². The molecule has 13 heavy (non-hydrogen) atoms. The number of benzene rings is 1. The van der Waals surface area contributed by atoms with Crippen molar-refractivity contribution in [2.75, 3.05) is 0 Å². The molecule has 1 aromatic rings. The van der Waals surface area contributed by atoms with Gasteiger partial charge in [0.1, 0.15) is 5.41 Å². The summed E-state index contributed by atoms with van der Waals surface area (Å²) in [5.41, 5.74) is 2.63. The Morgan fingerprint density at radius 3 is 2.31 bits per heavy atom. The van der Waals surface area contributed by atoms with E-state index in [1.165, 1.54) is 0 Å². The summed E-state index contributed by atoms with van der Waals surface area (Å²) >= 11 is 0. The third kappa shape index (κ3) is 2.16. The van der Waals surface area contributed by atoms with E-state index in [1.54, 1.807) is 0 Å². The summed E-state index contributed by atoms with van der Waals surface area (Å²) < 4.78 is 0. The van der Waals surface area contributed by atoms with Gasteiger partial charge in [-0.1, -0.05) is 49.1 Å². The highest BCUT2D eigenvalue weighted by Gasteiger charge is 2.27. The molecule has 0 N–H and O–H groups in total. The van der Waals surface area contributed by atoms with Crippen LogP contribution in [-0.2, 0) is 0 Å². The quantitative estimate of drug-likeness (QED) is 0.670. The summed E-state index contributed by atoms with van der Waals surface area (Å²) in [6, 6.07) is 9.42. The van der Waals surface area contributed by atoms with Crippen molar-refractivity contribution in [3.8, 4) is 0 Å². The van der Waals surface area contributed by atoms with Crippen LogP contribution in [0.15, 0.2) is 42.6 Å². The van der Waals surface area contributed by atoms with Gasteiger partial charge in [-0.05, 0) is 0 Å². The summed E-state index contributed by atoms with van der Waals surface area (Å²) in [6.07, 6.45) is 0. The molecule has 0 aromatic heterocycles. The van der Waals surface area contributed by atoms with Crippen LogP contribution in [0, 0.1) is 0 Å². The molecule has 0 bridgehead atoms. The van der Waals surface area contributed by atoms with Crippen molar-refractivity contribution in [2.45, 2.75) is 13.1 Å². The van der Waals surface area contributed by atoms with Crippen molar-refractivity contribution in [1.29, 1.82) is 0 Å². The summed E-state index contributed by atoms with van der Waals surface area (Å²) in [4.78, 5) is 11.9. The van der Waals surface area contributed by atoms with E-state index in [9.17, 15) is 4.79 Å². The standard InChI is InChI=1S/C11H14OSi/c1-4-13(2,3)11(12)10-8-6-5-7-9-10/h4-9H,1H2,2-3H3. The number of carbonyl (C=O) groups excluding carboxylic acids is 1. The molecule has 1 rings (SSSR count). The molecule has 0 aliphatic carbocycles. The highest BCUT2D eigenvalue weighted by atomic mass is 28.3. The lowest BCUT2D eigenvalue weighted by atomic mass is 10.2. The Hall–Kier alpha value is -1.15. The third-order valence-corrected chi connectivity index (χ3v) is 4.61. The van der Waals surface area contributed by atoms with Crippen LogP contribution in [0.3, 0.4) is 0 Å². The molecule has 0 fully saturated rings. The first-order valence-corrected chi connectivity index (χ1v) is 7.39. The second-order valence-corrected chi connectivity index (χ2v) is 7.93. The van der Waals surface area contributed by atoms with Crippen molar-refractivity contribution in [2.24, 2.45) is 0 Å². The van der Waals surface area contributed by atoms with Gasteiger partial charge in [-0.2, -0.15) is 0 Å². The molecular formula is C11H14OSi. The third-order valence-electron chi connectivity index (χ3n) is 2.13. The van der Waals surface area contributed by atoms with Crippen LogP contribution in [-0.4, -0.2) is 13.5 Å². The first-order valence-electron chi connectivity index (χ1n) is 4.31. The Kier molecular flexibility index (Phi) is 2.83. The monoisotopic (exact) mass is 190 g/mol. The summed E-state index contributed by atoms with van der Waals surface area (Å²) in [5, 5.41) is 0.253. The van der Waals surface area contributed by atoms with E-state index >= 15 is 0 Å². The minimum atomic E-state index is -1.90. The number of rotatable bonds is 3. The van der Waals surface area contributed by atoms with Crippen LogP contribution in [0.5, 0.6) is 0 Å². The maximum atomic E-state index is 11.9. The van der Waals surface area contributed by atoms with E-state index in [1.807, 2.05) is 49.1 Å². The van der Waals surface area contributed by atoms with E-state index in [2.05, 4.69) is 6.58 Å². The molecular weight excluding hydrogens is 176 g/mol. The predicted octanol–water partition coefficient (Wildman–Crippen LogP) is 2.84. The topological polar surface area (TPSA) is 17.1 Å². The Balaban J connectivity index is 2.99. The first kappa shape index (κ1) is 9.93. The van der Waals surface area contributed by atoms with E-state index in [0.717, 1.165) is 5.56 Å². The second-order valence-electron chi connectivity index (χ2n) is 3.62. The molecule has 0 saturated carbocycles. The summed E-state index contributed by atoms with van der Waals surface area (Å²) in [5.74, 6) is 0. The molecule has 68 valence electrons. The van der Waals surface area contributed by atoms with E-state index < -0.39 is 8.07 Å². The van der Waals surface area contributed by atoms with Gasteiger partial charge in [-0.3, -0.25) is 4.79 Å². The van der Waals surface area contributed by atoms with Gasteiger partial charge in [0.25, 0.3) is 0 Å². The Labute approximate surface area is 80.1 Å². The van der Waals surface area contributed by atoms with Crippen molar-refractivity contribution in [3.05, 3.63) is 48.2 Å². The molecule has 0 radical (unpaired) electrons. The van der Waals surface area contributed by atoms with Crippen LogP contribution < -0.4 is 0 Å². The molecule has 0 atom stereocenters. The minimum Gasteiger partial charge on any atom is -0.300 e. The van der Waals surface area contributed by atoms with Crippen LogP contribution >= 0.6 is 0 Å². The van der Waals surface area contributed by atoms with Crippen LogP contribution in [0.2, 0.25) is 13.1 Å². The molecule has 0 unspecified atom stereocenters. The molecule has 0 spiro atoms. The smallest absolute Gasteiger partial charge is 0.155 e. The number of carbonyl (C=O) groups is 1. The Morgan fingerprint density at radius 2 is 1.85 bits per heavy atom. The molecule has 1 aromatic carbocycles. The molecule has 0 heterocycles. The lowest BCUT2D eigenvalue weighted by molar-refractivity contribution is 0.106. The SMILES string of the molecule is C=C[Si](C)(C)C(=O)c1ccccc1. The Morgan fingerprint density at radius 1 is 1.31 bits per heavy atom. The van der Waals surface area contributed by atoms with Gasteiger partial charge >= 0.3 is 0 Å². The largest absolute Gasteiger partial charge is 0.300 e. The number of hydrogen-bond acceptors (Lipinski definition) is 1. The van der Waals surface area contributed by atoms with E-state index in [4.69, 9.17) is 0 Å². The van der Waals surface area contributed by atoms with Gasteiger partial charge in [0.05, 0.1) is 0 Å². The lowest BCUT2D eigenvalue weighted by Crippen LogP contribution is -2.35. The fourth-order valence-electron chi connectivity index (χ4n) is 1.05. The zero-order valence-electron chi connectivity index (χ0n) is 8.08. The Bertz CT molecular complexity index is 314. The zero-order chi connectivity index (χ0) is 9.90. The molecule has 0 aliphatic rings. The van der Waals surface area contributed by atoms with E-state index in [0.29, 0.717) is 0 Å². The minimum absolute atomic E-state index is 0.253. The van der Waals surface area contributed by atoms with Gasteiger partial charge in [-0.15, -0.1) is 6.58 Å². The molecule has 2 heteroatoms. The fourth-order valence-corrected chi connectivity index (χ4v) is 2.15. The maximum absolute atomic E-state index is 11.9. The second kappa shape index (κ2) is 3.71. The number of hydrogen-bond donors (Lipinski definition) is 0. The highest BCUT2D eigenvalue weighted by molar-refractivity contribution is 7.09. The van der Waals surface area contributed by atoms with Crippen molar-refractivity contribution in [3.63, 3.8) is 0 Å². The zero-order valence-corrected chi connectivity index (χ0v) is 9.08. The predicted molar refractivity (Wildman–Crippen MR) is 58.5 cm³/mol. The van der Waals surface area contributed by atoms with Crippen molar-refractivity contribution in [1.82, 2.24) is 0 Å². The first-order chi connectivity index (χ1) is 6.08. The van der Waals surface area contributed by atoms with Crippen molar-refractivity contribution < 1.29 is 4.79 Å². The molecule has 0 saturated heterocycles. The van der Waals surface area contributed by atoms with Crippen LogP contribution in [0.1, 0.15) is 10.4 Å². The average molecular weight is 190 g/mol. The van der Waals surface area contributed by atoms with Crippen LogP contribution in [0.25, 0.3) is 0 Å². The van der Waals surface area contributed by atoms with Gasteiger partial charge in [0.2, 0.25) is 0 Å². The fraction of sp³-hybridized carbons (Fsp3) is 0.182.